The van der Waals surface area contributed by atoms with Gasteiger partial charge in [0, 0.05) is 17.9 Å². The average Bonchev–Trinajstić information content (AvgIpc) is 2.42. The van der Waals surface area contributed by atoms with Crippen LogP contribution in [0.3, 0.4) is 0 Å². The third-order valence-electron chi connectivity index (χ3n) is 3.81. The van der Waals surface area contributed by atoms with Crippen molar-refractivity contribution in [1.29, 1.82) is 0 Å². The summed E-state index contributed by atoms with van der Waals surface area (Å²) >= 11 is 6.53. The van der Waals surface area contributed by atoms with Gasteiger partial charge in [-0.3, -0.25) is 0 Å². The van der Waals surface area contributed by atoms with Gasteiger partial charge in [0.25, 0.3) is 0 Å². The van der Waals surface area contributed by atoms with E-state index in [4.69, 9.17) is 16.3 Å². The molecule has 0 N–H and O–H groups in total. The molecule has 2 heteroatoms. The Morgan fingerprint density at radius 3 is 2.72 bits per heavy atom. The lowest BCUT2D eigenvalue weighted by molar-refractivity contribution is -0.0291. The van der Waals surface area contributed by atoms with Gasteiger partial charge in [0.05, 0.1) is 6.10 Å². The van der Waals surface area contributed by atoms with Crippen LogP contribution in [-0.4, -0.2) is 12.0 Å². The summed E-state index contributed by atoms with van der Waals surface area (Å²) in [5, 5.41) is 0.265. The van der Waals surface area contributed by atoms with Crippen molar-refractivity contribution in [3.8, 4) is 0 Å². The van der Waals surface area contributed by atoms with Crippen LogP contribution in [-0.2, 0) is 4.74 Å². The quantitative estimate of drug-likeness (QED) is 0.541. The summed E-state index contributed by atoms with van der Waals surface area (Å²) < 4.78 is 5.99. The molecule has 0 bridgehead atoms. The van der Waals surface area contributed by atoms with Gasteiger partial charge in [-0.15, -0.1) is 11.6 Å². The summed E-state index contributed by atoms with van der Waals surface area (Å²) in [7, 11) is 0. The van der Waals surface area contributed by atoms with Gasteiger partial charge < -0.3 is 4.74 Å². The van der Waals surface area contributed by atoms with Gasteiger partial charge in [0.2, 0.25) is 0 Å². The summed E-state index contributed by atoms with van der Waals surface area (Å²) in [6.07, 6.45) is 6.18. The lowest BCUT2D eigenvalue weighted by Crippen LogP contribution is -2.31. The lowest BCUT2D eigenvalue weighted by atomic mass is 9.85. The molecule has 1 heterocycles. The maximum absolute atomic E-state index is 6.53. The normalized spacial score (nSPS) is 28.2. The van der Waals surface area contributed by atoms with Crippen LogP contribution >= 0.6 is 11.6 Å². The van der Waals surface area contributed by atoms with E-state index in [1.54, 1.807) is 0 Å². The fourth-order valence-electron chi connectivity index (χ4n) is 2.78. The van der Waals surface area contributed by atoms with Gasteiger partial charge in [-0.05, 0) is 18.4 Å². The molecule has 1 aliphatic heterocycles. The molecule has 0 saturated carbocycles. The number of hydrogen-bond acceptors (Lipinski definition) is 1. The molecule has 0 radical (unpaired) electrons. The number of halogens is 1. The molecule has 18 heavy (non-hydrogen) atoms. The first kappa shape index (κ1) is 13.9. The Bertz CT molecular complexity index is 338. The van der Waals surface area contributed by atoms with E-state index in [1.165, 1.54) is 31.2 Å². The smallest absolute Gasteiger partial charge is 0.0867 e. The lowest BCUT2D eigenvalue weighted by Gasteiger charge is -2.35. The molecule has 1 aromatic carbocycles. The highest BCUT2D eigenvalue weighted by Gasteiger charge is 2.33. The maximum atomic E-state index is 6.53. The van der Waals surface area contributed by atoms with Gasteiger partial charge in [-0.1, -0.05) is 56.5 Å². The fourth-order valence-corrected chi connectivity index (χ4v) is 3.13. The Balaban J connectivity index is 2.05. The van der Waals surface area contributed by atoms with E-state index in [-0.39, 0.29) is 11.5 Å². The van der Waals surface area contributed by atoms with Crippen LogP contribution in [0.4, 0.5) is 0 Å². The second-order valence-electron chi connectivity index (χ2n) is 5.17. The number of alkyl halides is 1. The molecule has 1 aromatic rings. The Kier molecular flexibility index (Phi) is 5.52. The number of ether oxygens (including phenoxy) is 1. The zero-order valence-corrected chi connectivity index (χ0v) is 11.9. The molecule has 1 saturated heterocycles. The summed E-state index contributed by atoms with van der Waals surface area (Å²) in [6.45, 7) is 3.03. The average molecular weight is 267 g/mol. The highest BCUT2D eigenvalue weighted by Crippen LogP contribution is 2.39. The molecule has 100 valence electrons. The largest absolute Gasteiger partial charge is 0.373 e. The molecule has 2 rings (SSSR count). The fraction of sp³-hybridized carbons (Fsp3) is 0.625. The van der Waals surface area contributed by atoms with Crippen molar-refractivity contribution in [1.82, 2.24) is 0 Å². The van der Waals surface area contributed by atoms with Crippen molar-refractivity contribution in [2.45, 2.75) is 50.5 Å². The van der Waals surface area contributed by atoms with Crippen LogP contribution in [0.2, 0.25) is 0 Å². The van der Waals surface area contributed by atoms with E-state index in [2.05, 4.69) is 37.3 Å². The molecule has 1 nitrogen and oxygen atoms in total. The second-order valence-corrected chi connectivity index (χ2v) is 5.73. The van der Waals surface area contributed by atoms with E-state index < -0.39 is 0 Å². The van der Waals surface area contributed by atoms with Gasteiger partial charge in [-0.25, -0.2) is 0 Å². The van der Waals surface area contributed by atoms with E-state index >= 15 is 0 Å². The first-order chi connectivity index (χ1) is 8.83. The first-order valence-electron chi connectivity index (χ1n) is 7.13. The second kappa shape index (κ2) is 7.16. The zero-order chi connectivity index (χ0) is 12.8. The Morgan fingerprint density at radius 1 is 1.22 bits per heavy atom. The minimum Gasteiger partial charge on any atom is -0.373 e. The van der Waals surface area contributed by atoms with Gasteiger partial charge in [0.1, 0.15) is 0 Å². The Morgan fingerprint density at radius 2 is 2.00 bits per heavy atom. The van der Waals surface area contributed by atoms with Crippen molar-refractivity contribution >= 4 is 11.6 Å². The van der Waals surface area contributed by atoms with Crippen molar-refractivity contribution in [2.75, 3.05) is 6.61 Å². The number of rotatable bonds is 5. The summed E-state index contributed by atoms with van der Waals surface area (Å²) in [4.78, 5) is 0. The van der Waals surface area contributed by atoms with E-state index in [9.17, 15) is 0 Å². The number of unbranched alkanes of at least 4 members (excludes halogenated alkanes) is 2. The van der Waals surface area contributed by atoms with E-state index in [0.29, 0.717) is 5.92 Å². The van der Waals surface area contributed by atoms with Crippen LogP contribution in [0.5, 0.6) is 0 Å². The molecule has 1 fully saturated rings. The predicted molar refractivity (Wildman–Crippen MR) is 77.0 cm³/mol. The molecule has 1 aliphatic rings. The number of benzene rings is 1. The minimum absolute atomic E-state index is 0.194. The predicted octanol–water partition coefficient (Wildman–Crippen LogP) is 4.95. The van der Waals surface area contributed by atoms with Crippen molar-refractivity contribution in [3.05, 3.63) is 35.9 Å². The maximum Gasteiger partial charge on any atom is 0.0867 e. The molecule has 3 atom stereocenters. The monoisotopic (exact) mass is 266 g/mol. The van der Waals surface area contributed by atoms with Crippen LogP contribution < -0.4 is 0 Å². The van der Waals surface area contributed by atoms with Gasteiger partial charge in [0.15, 0.2) is 0 Å². The molecule has 0 aliphatic carbocycles. The van der Waals surface area contributed by atoms with Crippen LogP contribution in [0.25, 0.3) is 0 Å². The van der Waals surface area contributed by atoms with Crippen molar-refractivity contribution in [3.63, 3.8) is 0 Å². The molecule has 0 spiro atoms. The van der Waals surface area contributed by atoms with Gasteiger partial charge in [-0.2, -0.15) is 0 Å². The van der Waals surface area contributed by atoms with Crippen molar-refractivity contribution < 1.29 is 4.74 Å². The Labute approximate surface area is 115 Å². The van der Waals surface area contributed by atoms with E-state index in [1.807, 2.05) is 0 Å². The molecule has 0 amide bonds. The first-order valence-corrected chi connectivity index (χ1v) is 7.57. The van der Waals surface area contributed by atoms with E-state index in [0.717, 1.165) is 13.0 Å². The Hall–Kier alpha value is -0.530. The molecular formula is C16H23ClO. The van der Waals surface area contributed by atoms with Gasteiger partial charge >= 0.3 is 0 Å². The number of hydrogen-bond donors (Lipinski definition) is 0. The topological polar surface area (TPSA) is 9.23 Å². The summed E-state index contributed by atoms with van der Waals surface area (Å²) in [6, 6.07) is 10.5. The highest BCUT2D eigenvalue weighted by molar-refractivity contribution is 6.20. The molecular weight excluding hydrogens is 244 g/mol. The van der Waals surface area contributed by atoms with Crippen LogP contribution in [0.15, 0.2) is 30.3 Å². The zero-order valence-electron chi connectivity index (χ0n) is 11.1. The molecule has 0 unspecified atom stereocenters. The van der Waals surface area contributed by atoms with Crippen LogP contribution in [0, 0.1) is 5.92 Å². The standard InChI is InChI=1S/C16H23ClO/c1-2-3-5-10-14-15(17)11-12-18-16(14)13-8-6-4-7-9-13/h4,6-9,14-16H,2-3,5,10-12H2,1H3/t14-,15+,16+/m0/s1. The third-order valence-corrected chi connectivity index (χ3v) is 4.36. The van der Waals surface area contributed by atoms with Crippen molar-refractivity contribution in [2.24, 2.45) is 5.92 Å². The highest BCUT2D eigenvalue weighted by atomic mass is 35.5. The SMILES string of the molecule is CCCCC[C@H]1[C@H](Cl)CCO[C@@H]1c1ccccc1. The minimum atomic E-state index is 0.194. The molecule has 0 aromatic heterocycles. The summed E-state index contributed by atoms with van der Waals surface area (Å²) in [5.74, 6) is 0.467. The third kappa shape index (κ3) is 3.49. The summed E-state index contributed by atoms with van der Waals surface area (Å²) in [5.41, 5.74) is 1.28. The van der Waals surface area contributed by atoms with Crippen LogP contribution in [0.1, 0.15) is 50.7 Å².